The van der Waals surface area contributed by atoms with Gasteiger partial charge in [-0.1, -0.05) is 26.5 Å². The lowest BCUT2D eigenvalue weighted by molar-refractivity contribution is 0.324. The molecule has 0 rings (SSSR count). The van der Waals surface area contributed by atoms with Gasteiger partial charge in [-0.05, 0) is 25.6 Å². The van der Waals surface area contributed by atoms with Crippen molar-refractivity contribution in [2.24, 2.45) is 5.92 Å². The molecule has 0 saturated heterocycles. The second-order valence-corrected chi connectivity index (χ2v) is 4.43. The Bertz CT molecular complexity index is 238. The Hall–Kier alpha value is -0.450. The maximum atomic E-state index is 10.5. The minimum absolute atomic E-state index is 0.246. The van der Waals surface area contributed by atoms with E-state index in [9.17, 15) is 4.21 Å². The van der Waals surface area contributed by atoms with Crippen LogP contribution in [0.2, 0.25) is 0 Å². The highest BCUT2D eigenvalue weighted by Crippen LogP contribution is 2.04. The molecule has 14 heavy (non-hydrogen) atoms. The van der Waals surface area contributed by atoms with E-state index in [1.54, 1.807) is 6.08 Å². The second-order valence-electron chi connectivity index (χ2n) is 3.41. The van der Waals surface area contributed by atoms with Crippen molar-refractivity contribution in [1.29, 1.82) is 0 Å². The standard InChI is InChI=1S/C10H19NO2S/c1-5-11(4)8-9(2)6-7-10(3)14(12)13/h6-7,9H,3,5,8H2,1-2,4H3,(H,12,13)/b7-6-. The number of allylic oxidation sites excluding steroid dienone is 1. The van der Waals surface area contributed by atoms with Crippen LogP contribution in [-0.4, -0.2) is 33.8 Å². The topological polar surface area (TPSA) is 40.5 Å². The summed E-state index contributed by atoms with van der Waals surface area (Å²) >= 11 is -1.94. The summed E-state index contributed by atoms with van der Waals surface area (Å²) in [6, 6.07) is 0. The highest BCUT2D eigenvalue weighted by molar-refractivity contribution is 7.83. The Morgan fingerprint density at radius 3 is 2.71 bits per heavy atom. The van der Waals surface area contributed by atoms with E-state index in [2.05, 4.69) is 25.3 Å². The third-order valence-electron chi connectivity index (χ3n) is 1.97. The maximum Gasteiger partial charge on any atom is 0.185 e. The summed E-state index contributed by atoms with van der Waals surface area (Å²) in [6.45, 7) is 9.58. The first-order chi connectivity index (χ1) is 6.47. The van der Waals surface area contributed by atoms with E-state index in [1.807, 2.05) is 13.1 Å². The molecule has 0 amide bonds. The molecule has 0 aliphatic carbocycles. The highest BCUT2D eigenvalue weighted by Gasteiger charge is 2.01. The van der Waals surface area contributed by atoms with Crippen molar-refractivity contribution in [3.05, 3.63) is 23.6 Å². The van der Waals surface area contributed by atoms with Crippen LogP contribution < -0.4 is 0 Å². The SMILES string of the molecule is C=C(/C=C\C(C)CN(C)CC)S(=O)O. The van der Waals surface area contributed by atoms with Crippen LogP contribution in [0.5, 0.6) is 0 Å². The normalized spacial score (nSPS) is 16.1. The lowest BCUT2D eigenvalue weighted by Gasteiger charge is -2.16. The molecular weight excluding hydrogens is 198 g/mol. The van der Waals surface area contributed by atoms with Gasteiger partial charge in [-0.25, -0.2) is 4.21 Å². The molecule has 0 saturated carbocycles. The molecule has 0 aliphatic rings. The molecular formula is C10H19NO2S. The maximum absolute atomic E-state index is 10.5. The Kier molecular flexibility index (Phi) is 6.70. The summed E-state index contributed by atoms with van der Waals surface area (Å²) in [6.07, 6.45) is 3.52. The Balaban J connectivity index is 3.99. The van der Waals surface area contributed by atoms with Gasteiger partial charge >= 0.3 is 0 Å². The van der Waals surface area contributed by atoms with Gasteiger partial charge in [0, 0.05) is 6.54 Å². The minimum atomic E-state index is -1.94. The number of rotatable bonds is 6. The number of hydrogen-bond donors (Lipinski definition) is 1. The summed E-state index contributed by atoms with van der Waals surface area (Å²) < 4.78 is 19.2. The summed E-state index contributed by atoms with van der Waals surface area (Å²) in [5.41, 5.74) is 0. The van der Waals surface area contributed by atoms with Gasteiger partial charge in [0.05, 0.1) is 4.91 Å². The van der Waals surface area contributed by atoms with Crippen molar-refractivity contribution in [3.8, 4) is 0 Å². The number of nitrogens with zero attached hydrogens (tertiary/aromatic N) is 1. The minimum Gasteiger partial charge on any atom is -0.306 e. The second kappa shape index (κ2) is 6.92. The molecule has 2 atom stereocenters. The van der Waals surface area contributed by atoms with Crippen LogP contribution in [0, 0.1) is 5.92 Å². The quantitative estimate of drug-likeness (QED) is 0.545. The largest absolute Gasteiger partial charge is 0.306 e. The molecule has 3 nitrogen and oxygen atoms in total. The predicted molar refractivity (Wildman–Crippen MR) is 61.4 cm³/mol. The van der Waals surface area contributed by atoms with Gasteiger partial charge in [0.2, 0.25) is 0 Å². The van der Waals surface area contributed by atoms with Crippen LogP contribution in [0.1, 0.15) is 13.8 Å². The Morgan fingerprint density at radius 1 is 1.71 bits per heavy atom. The molecule has 0 aromatic rings. The molecule has 0 radical (unpaired) electrons. The van der Waals surface area contributed by atoms with Gasteiger partial charge in [-0.3, -0.25) is 0 Å². The fourth-order valence-electron chi connectivity index (χ4n) is 1.01. The predicted octanol–water partition coefficient (Wildman–Crippen LogP) is 1.87. The zero-order valence-corrected chi connectivity index (χ0v) is 9.88. The van der Waals surface area contributed by atoms with Crippen molar-refractivity contribution in [2.75, 3.05) is 20.1 Å². The molecule has 0 heterocycles. The Labute approximate surface area is 88.8 Å². The number of hydrogen-bond acceptors (Lipinski definition) is 2. The molecule has 1 N–H and O–H groups in total. The monoisotopic (exact) mass is 217 g/mol. The summed E-state index contributed by atoms with van der Waals surface area (Å²) in [7, 11) is 2.04. The van der Waals surface area contributed by atoms with Gasteiger partial charge in [-0.2, -0.15) is 0 Å². The van der Waals surface area contributed by atoms with Gasteiger partial charge in [0.25, 0.3) is 0 Å². The molecule has 0 bridgehead atoms. The summed E-state index contributed by atoms with van der Waals surface area (Å²) in [5.74, 6) is 0.361. The average Bonchev–Trinajstić information content (AvgIpc) is 2.13. The molecule has 0 fully saturated rings. The highest BCUT2D eigenvalue weighted by atomic mass is 32.2. The van der Waals surface area contributed by atoms with Gasteiger partial charge in [0.1, 0.15) is 0 Å². The van der Waals surface area contributed by atoms with Crippen LogP contribution in [0.4, 0.5) is 0 Å². The lowest BCUT2D eigenvalue weighted by Crippen LogP contribution is -2.23. The Morgan fingerprint density at radius 2 is 2.29 bits per heavy atom. The lowest BCUT2D eigenvalue weighted by atomic mass is 10.1. The van der Waals surface area contributed by atoms with Gasteiger partial charge < -0.3 is 9.45 Å². The first-order valence-electron chi connectivity index (χ1n) is 4.63. The first-order valence-corrected chi connectivity index (χ1v) is 5.74. The molecule has 0 aromatic heterocycles. The summed E-state index contributed by atoms with van der Waals surface area (Å²) in [5, 5.41) is 0. The van der Waals surface area contributed by atoms with Crippen LogP contribution in [0.15, 0.2) is 23.6 Å². The average molecular weight is 217 g/mol. The van der Waals surface area contributed by atoms with Crippen LogP contribution in [-0.2, 0) is 11.1 Å². The van der Waals surface area contributed by atoms with E-state index in [-0.39, 0.29) is 4.91 Å². The van der Waals surface area contributed by atoms with Crippen LogP contribution in [0.25, 0.3) is 0 Å². The zero-order chi connectivity index (χ0) is 11.1. The molecule has 4 heteroatoms. The van der Waals surface area contributed by atoms with E-state index in [0.717, 1.165) is 13.1 Å². The molecule has 82 valence electrons. The third kappa shape index (κ3) is 6.07. The van der Waals surface area contributed by atoms with E-state index >= 15 is 0 Å². The van der Waals surface area contributed by atoms with E-state index in [0.29, 0.717) is 5.92 Å². The van der Waals surface area contributed by atoms with Crippen molar-refractivity contribution in [3.63, 3.8) is 0 Å². The van der Waals surface area contributed by atoms with Gasteiger partial charge in [-0.15, -0.1) is 0 Å². The van der Waals surface area contributed by atoms with Crippen LogP contribution in [0.3, 0.4) is 0 Å². The van der Waals surface area contributed by atoms with Gasteiger partial charge in [0.15, 0.2) is 11.1 Å². The van der Waals surface area contributed by atoms with Crippen molar-refractivity contribution < 1.29 is 8.76 Å². The molecule has 2 unspecified atom stereocenters. The smallest absolute Gasteiger partial charge is 0.185 e. The third-order valence-corrected chi connectivity index (χ3v) is 2.56. The van der Waals surface area contributed by atoms with Crippen LogP contribution >= 0.6 is 0 Å². The summed E-state index contributed by atoms with van der Waals surface area (Å²) in [4.78, 5) is 2.43. The fourth-order valence-corrected chi connectivity index (χ4v) is 1.21. The molecule has 0 aliphatic heterocycles. The fraction of sp³-hybridized carbons (Fsp3) is 0.600. The zero-order valence-electron chi connectivity index (χ0n) is 9.06. The first kappa shape index (κ1) is 13.5. The van der Waals surface area contributed by atoms with E-state index < -0.39 is 11.1 Å². The van der Waals surface area contributed by atoms with Crippen molar-refractivity contribution >= 4 is 11.1 Å². The van der Waals surface area contributed by atoms with E-state index in [4.69, 9.17) is 4.55 Å². The van der Waals surface area contributed by atoms with E-state index in [1.165, 1.54) is 0 Å². The van der Waals surface area contributed by atoms with Crippen molar-refractivity contribution in [2.45, 2.75) is 13.8 Å². The molecule has 0 spiro atoms. The van der Waals surface area contributed by atoms with Crippen molar-refractivity contribution in [1.82, 2.24) is 4.90 Å². The molecule has 0 aromatic carbocycles.